The van der Waals surface area contributed by atoms with Crippen LogP contribution in [0.5, 0.6) is 0 Å². The maximum absolute atomic E-state index is 13.0. The van der Waals surface area contributed by atoms with Gasteiger partial charge in [0.15, 0.2) is 0 Å². The molecule has 130 valence electrons. The number of imide groups is 1. The van der Waals surface area contributed by atoms with Gasteiger partial charge >= 0.3 is 0 Å². The Morgan fingerprint density at radius 3 is 2.58 bits per heavy atom. The molecule has 3 aromatic rings. The van der Waals surface area contributed by atoms with Crippen LogP contribution in [0.1, 0.15) is 17.7 Å². The number of anilines is 1. The van der Waals surface area contributed by atoms with Crippen LogP contribution in [0.4, 0.5) is 5.69 Å². The van der Waals surface area contributed by atoms with E-state index >= 15 is 0 Å². The van der Waals surface area contributed by atoms with Crippen molar-refractivity contribution in [1.29, 1.82) is 0 Å². The molecule has 1 saturated heterocycles. The minimum atomic E-state index is -0.371. The topological polar surface area (TPSA) is 56.4 Å². The summed E-state index contributed by atoms with van der Waals surface area (Å²) in [6.45, 7) is 1.48. The number of aromatic nitrogens is 1. The number of fused-ring (bicyclic) bond motifs is 3. The van der Waals surface area contributed by atoms with E-state index in [0.717, 1.165) is 18.5 Å². The number of aromatic amines is 1. The van der Waals surface area contributed by atoms with E-state index in [1.54, 1.807) is 0 Å². The van der Waals surface area contributed by atoms with Crippen molar-refractivity contribution in [2.75, 3.05) is 11.4 Å². The first-order valence-electron chi connectivity index (χ1n) is 8.97. The normalized spacial score (nSPS) is 20.8. The monoisotopic (exact) mass is 345 g/mol. The van der Waals surface area contributed by atoms with Crippen LogP contribution in [0.3, 0.4) is 0 Å². The molecule has 2 aliphatic rings. The van der Waals surface area contributed by atoms with Crippen molar-refractivity contribution < 1.29 is 9.59 Å². The van der Waals surface area contributed by atoms with Gasteiger partial charge in [-0.2, -0.15) is 0 Å². The maximum Gasteiger partial charge on any atom is 0.251 e. The molecule has 5 nitrogen and oxygen atoms in total. The van der Waals surface area contributed by atoms with Crippen LogP contribution in [0.25, 0.3) is 10.9 Å². The fourth-order valence-electron chi connectivity index (χ4n) is 4.20. The summed E-state index contributed by atoms with van der Waals surface area (Å²) < 4.78 is 0. The highest BCUT2D eigenvalue weighted by Gasteiger charge is 2.43. The minimum absolute atomic E-state index is 0.107. The lowest BCUT2D eigenvalue weighted by molar-refractivity contribution is -0.123. The van der Waals surface area contributed by atoms with Crippen LogP contribution in [-0.2, 0) is 22.6 Å². The molecule has 0 bridgehead atoms. The molecule has 0 unspecified atom stereocenters. The molecule has 0 spiro atoms. The molecule has 0 saturated carbocycles. The number of nitrogens with one attached hydrogen (secondary N) is 1. The Bertz CT molecular complexity index is 1010. The molecule has 2 amide bonds. The van der Waals surface area contributed by atoms with E-state index in [9.17, 15) is 9.59 Å². The smallest absolute Gasteiger partial charge is 0.251 e. The van der Waals surface area contributed by atoms with Gasteiger partial charge in [0.25, 0.3) is 5.91 Å². The number of benzene rings is 2. The fourth-order valence-corrected chi connectivity index (χ4v) is 4.20. The first-order valence-corrected chi connectivity index (χ1v) is 8.97. The van der Waals surface area contributed by atoms with Crippen molar-refractivity contribution in [3.63, 3.8) is 0 Å². The van der Waals surface area contributed by atoms with Crippen LogP contribution in [-0.4, -0.2) is 34.3 Å². The van der Waals surface area contributed by atoms with Gasteiger partial charge < -0.3 is 4.98 Å². The van der Waals surface area contributed by atoms with Crippen molar-refractivity contribution in [2.24, 2.45) is 0 Å². The zero-order chi connectivity index (χ0) is 17.7. The summed E-state index contributed by atoms with van der Waals surface area (Å²) in [5, 5.41) is 1.21. The van der Waals surface area contributed by atoms with Gasteiger partial charge in [0.2, 0.25) is 5.91 Å². The lowest BCUT2D eigenvalue weighted by Crippen LogP contribution is -2.44. The number of rotatable bonds is 2. The molecular formula is C21H19N3O2. The third-order valence-electron chi connectivity index (χ3n) is 5.49. The summed E-state index contributed by atoms with van der Waals surface area (Å²) in [5.74, 6) is -0.222. The van der Waals surface area contributed by atoms with Gasteiger partial charge in [0.05, 0.1) is 18.2 Å². The number of para-hydroxylation sites is 2. The Kier molecular flexibility index (Phi) is 3.43. The number of H-pyrrole nitrogens is 1. The van der Waals surface area contributed by atoms with Gasteiger partial charge in [0.1, 0.15) is 0 Å². The molecule has 5 heteroatoms. The largest absolute Gasteiger partial charge is 0.358 e. The van der Waals surface area contributed by atoms with Gasteiger partial charge in [-0.1, -0.05) is 36.4 Å². The van der Waals surface area contributed by atoms with E-state index < -0.39 is 0 Å². The molecule has 1 aromatic heterocycles. The van der Waals surface area contributed by atoms with Gasteiger partial charge in [-0.05, 0) is 23.8 Å². The summed E-state index contributed by atoms with van der Waals surface area (Å²) in [5.41, 5.74) is 4.30. The number of amides is 2. The molecule has 5 rings (SSSR count). The Hall–Kier alpha value is -2.92. The molecule has 3 heterocycles. The van der Waals surface area contributed by atoms with E-state index in [2.05, 4.69) is 22.0 Å². The fraction of sp³-hybridized carbons (Fsp3) is 0.238. The third kappa shape index (κ3) is 2.28. The molecule has 0 aliphatic carbocycles. The summed E-state index contributed by atoms with van der Waals surface area (Å²) in [6, 6.07) is 17.1. The zero-order valence-electron chi connectivity index (χ0n) is 14.3. The number of hydrogen-bond acceptors (Lipinski definition) is 3. The molecule has 2 aliphatic heterocycles. The van der Waals surface area contributed by atoms with E-state index in [-0.39, 0.29) is 24.3 Å². The highest BCUT2D eigenvalue weighted by molar-refractivity contribution is 6.22. The van der Waals surface area contributed by atoms with E-state index in [0.29, 0.717) is 12.2 Å². The van der Waals surface area contributed by atoms with Crippen molar-refractivity contribution in [3.05, 3.63) is 65.9 Å². The van der Waals surface area contributed by atoms with Gasteiger partial charge in [0, 0.05) is 36.1 Å². The second-order valence-corrected chi connectivity index (χ2v) is 6.97. The van der Waals surface area contributed by atoms with Gasteiger partial charge in [-0.15, -0.1) is 0 Å². The minimum Gasteiger partial charge on any atom is -0.358 e. The Morgan fingerprint density at radius 1 is 0.962 bits per heavy atom. The van der Waals surface area contributed by atoms with Crippen molar-refractivity contribution >= 4 is 28.4 Å². The molecule has 1 fully saturated rings. The van der Waals surface area contributed by atoms with Gasteiger partial charge in [-0.3, -0.25) is 14.5 Å². The molecule has 2 aromatic carbocycles. The van der Waals surface area contributed by atoms with Crippen molar-refractivity contribution in [3.8, 4) is 0 Å². The zero-order valence-corrected chi connectivity index (χ0v) is 14.3. The lowest BCUT2D eigenvalue weighted by Gasteiger charge is -2.31. The Labute approximate surface area is 151 Å². The summed E-state index contributed by atoms with van der Waals surface area (Å²) in [7, 11) is 0. The summed E-state index contributed by atoms with van der Waals surface area (Å²) in [4.78, 5) is 32.5. The predicted octanol–water partition coefficient (Wildman–Crippen LogP) is 2.86. The predicted molar refractivity (Wildman–Crippen MR) is 99.8 cm³/mol. The number of nitrogens with zero attached hydrogens (tertiary/aromatic N) is 2. The van der Waals surface area contributed by atoms with E-state index in [1.807, 2.05) is 42.5 Å². The lowest BCUT2D eigenvalue weighted by atomic mass is 10.0. The standard InChI is InChI=1S/C21H19N3O2/c25-20-12-19(21(26)24(20)14-6-2-1-3-7-14)23-11-10-18-16(13-23)15-8-4-5-9-17(15)22-18/h1-9,19,22H,10-13H2/t19-/m1/s1. The first kappa shape index (κ1) is 15.3. The molecule has 26 heavy (non-hydrogen) atoms. The molecule has 1 atom stereocenters. The van der Waals surface area contributed by atoms with Gasteiger partial charge in [-0.25, -0.2) is 4.90 Å². The average Bonchev–Trinajstić information content (AvgIpc) is 3.19. The highest BCUT2D eigenvalue weighted by Crippen LogP contribution is 2.32. The summed E-state index contributed by atoms with van der Waals surface area (Å²) in [6.07, 6.45) is 1.12. The molecule has 1 N–H and O–H groups in total. The van der Waals surface area contributed by atoms with Crippen LogP contribution in [0, 0.1) is 0 Å². The second kappa shape index (κ2) is 5.81. The van der Waals surface area contributed by atoms with E-state index in [1.165, 1.54) is 21.5 Å². The van der Waals surface area contributed by atoms with E-state index in [4.69, 9.17) is 0 Å². The quantitative estimate of drug-likeness (QED) is 0.727. The second-order valence-electron chi connectivity index (χ2n) is 6.97. The number of carbonyl (C=O) groups excluding carboxylic acids is 2. The average molecular weight is 345 g/mol. The summed E-state index contributed by atoms with van der Waals surface area (Å²) >= 11 is 0. The number of hydrogen-bond donors (Lipinski definition) is 1. The van der Waals surface area contributed by atoms with Crippen LogP contribution in [0.2, 0.25) is 0 Å². The van der Waals surface area contributed by atoms with Crippen LogP contribution >= 0.6 is 0 Å². The van der Waals surface area contributed by atoms with Crippen molar-refractivity contribution in [1.82, 2.24) is 9.88 Å². The highest BCUT2D eigenvalue weighted by atomic mass is 16.2. The SMILES string of the molecule is O=C1C[C@@H](N2CCc3[nH]c4ccccc4c3C2)C(=O)N1c1ccccc1. The molecular weight excluding hydrogens is 326 g/mol. The maximum atomic E-state index is 13.0. The number of carbonyl (C=O) groups is 2. The Balaban J connectivity index is 1.45. The molecule has 0 radical (unpaired) electrons. The van der Waals surface area contributed by atoms with Crippen LogP contribution in [0.15, 0.2) is 54.6 Å². The van der Waals surface area contributed by atoms with Crippen molar-refractivity contribution in [2.45, 2.75) is 25.4 Å². The third-order valence-corrected chi connectivity index (χ3v) is 5.49. The first-order chi connectivity index (χ1) is 12.7. The Morgan fingerprint density at radius 2 is 1.73 bits per heavy atom. The van der Waals surface area contributed by atoms with Crippen LogP contribution < -0.4 is 4.90 Å².